The predicted molar refractivity (Wildman–Crippen MR) is 53.5 cm³/mol. The number of carboxylic acids is 1. The van der Waals surface area contributed by atoms with Crippen LogP contribution in [0.25, 0.3) is 0 Å². The Hall–Kier alpha value is -1.78. The average molecular weight is 214 g/mol. The lowest BCUT2D eigenvalue weighted by molar-refractivity contribution is -0.154. The molecule has 1 N–H and O–H groups in total. The summed E-state index contributed by atoms with van der Waals surface area (Å²) in [6.07, 6.45) is 3.05. The SMILES string of the molecule is C=CCOC(=O)OC(C)(C=CC)C(=O)O. The second kappa shape index (κ2) is 5.85. The fraction of sp³-hybridized carbons (Fsp3) is 0.400. The van der Waals surface area contributed by atoms with E-state index >= 15 is 0 Å². The van der Waals surface area contributed by atoms with Gasteiger partial charge in [-0.3, -0.25) is 0 Å². The standard InChI is InChI=1S/C10H14O5/c1-4-6-10(3,8(11)12)15-9(13)14-7-5-2/h4-6H,2,7H2,1,3H3,(H,11,12). The minimum atomic E-state index is -1.70. The van der Waals surface area contributed by atoms with Crippen LogP contribution in [0.2, 0.25) is 0 Å². The van der Waals surface area contributed by atoms with Gasteiger partial charge < -0.3 is 14.6 Å². The summed E-state index contributed by atoms with van der Waals surface area (Å²) in [6.45, 7) is 6.19. The molecule has 0 aromatic rings. The van der Waals surface area contributed by atoms with Crippen molar-refractivity contribution < 1.29 is 24.2 Å². The third-order valence-electron chi connectivity index (χ3n) is 1.52. The third kappa shape index (κ3) is 4.30. The minimum absolute atomic E-state index is 0.0234. The Morgan fingerprint density at radius 1 is 1.53 bits per heavy atom. The van der Waals surface area contributed by atoms with Crippen molar-refractivity contribution in [3.05, 3.63) is 24.8 Å². The highest BCUT2D eigenvalue weighted by Crippen LogP contribution is 2.14. The molecule has 84 valence electrons. The van der Waals surface area contributed by atoms with E-state index in [0.29, 0.717) is 0 Å². The number of allylic oxidation sites excluding steroid dienone is 1. The summed E-state index contributed by atoms with van der Waals surface area (Å²) in [5, 5.41) is 8.83. The van der Waals surface area contributed by atoms with Crippen LogP contribution in [0.1, 0.15) is 13.8 Å². The van der Waals surface area contributed by atoms with Crippen molar-refractivity contribution in [3.8, 4) is 0 Å². The molecule has 5 heteroatoms. The summed E-state index contributed by atoms with van der Waals surface area (Å²) in [4.78, 5) is 21.8. The predicted octanol–water partition coefficient (Wildman–Crippen LogP) is 1.75. The summed E-state index contributed by atoms with van der Waals surface area (Å²) < 4.78 is 9.15. The maximum Gasteiger partial charge on any atom is 0.510 e. The minimum Gasteiger partial charge on any atom is -0.478 e. The van der Waals surface area contributed by atoms with Crippen molar-refractivity contribution in [3.63, 3.8) is 0 Å². The summed E-state index contributed by atoms with van der Waals surface area (Å²) in [7, 11) is 0. The number of aliphatic carboxylic acids is 1. The van der Waals surface area contributed by atoms with E-state index in [-0.39, 0.29) is 6.61 Å². The van der Waals surface area contributed by atoms with E-state index in [2.05, 4.69) is 16.1 Å². The first-order valence-corrected chi connectivity index (χ1v) is 4.30. The van der Waals surface area contributed by atoms with Crippen molar-refractivity contribution in [1.82, 2.24) is 0 Å². The van der Waals surface area contributed by atoms with Crippen LogP contribution in [-0.4, -0.2) is 29.4 Å². The van der Waals surface area contributed by atoms with Crippen LogP contribution < -0.4 is 0 Å². The van der Waals surface area contributed by atoms with Crippen LogP contribution in [-0.2, 0) is 14.3 Å². The average Bonchev–Trinajstić information content (AvgIpc) is 2.14. The van der Waals surface area contributed by atoms with Crippen LogP contribution in [0.3, 0.4) is 0 Å². The van der Waals surface area contributed by atoms with Crippen LogP contribution >= 0.6 is 0 Å². The van der Waals surface area contributed by atoms with Gasteiger partial charge in [-0.2, -0.15) is 0 Å². The molecule has 0 aliphatic carbocycles. The van der Waals surface area contributed by atoms with Gasteiger partial charge in [0.25, 0.3) is 0 Å². The van der Waals surface area contributed by atoms with Gasteiger partial charge in [-0.15, -0.1) is 0 Å². The van der Waals surface area contributed by atoms with Gasteiger partial charge in [-0.1, -0.05) is 18.7 Å². The lowest BCUT2D eigenvalue weighted by Crippen LogP contribution is -2.38. The fourth-order valence-electron chi connectivity index (χ4n) is 0.797. The number of carboxylic acid groups (broad SMARTS) is 1. The highest BCUT2D eigenvalue weighted by atomic mass is 16.7. The quantitative estimate of drug-likeness (QED) is 0.557. The van der Waals surface area contributed by atoms with Gasteiger partial charge in [0.1, 0.15) is 6.61 Å². The number of hydrogen-bond acceptors (Lipinski definition) is 4. The Morgan fingerprint density at radius 2 is 2.13 bits per heavy atom. The molecule has 0 aromatic carbocycles. The molecule has 0 saturated heterocycles. The van der Waals surface area contributed by atoms with Crippen molar-refractivity contribution in [1.29, 1.82) is 0 Å². The highest BCUT2D eigenvalue weighted by molar-refractivity contribution is 5.82. The maximum absolute atomic E-state index is 11.0. The lowest BCUT2D eigenvalue weighted by atomic mass is 10.1. The van der Waals surface area contributed by atoms with E-state index in [4.69, 9.17) is 5.11 Å². The molecule has 0 rings (SSSR count). The molecule has 1 atom stereocenters. The molecule has 0 amide bonds. The molecule has 0 saturated carbocycles. The number of carbonyl (C=O) groups is 2. The van der Waals surface area contributed by atoms with Crippen LogP contribution in [0.5, 0.6) is 0 Å². The lowest BCUT2D eigenvalue weighted by Gasteiger charge is -2.20. The van der Waals surface area contributed by atoms with Gasteiger partial charge in [-0.05, 0) is 19.9 Å². The van der Waals surface area contributed by atoms with E-state index in [1.54, 1.807) is 6.92 Å². The Kier molecular flexibility index (Phi) is 5.15. The molecule has 0 aliphatic heterocycles. The third-order valence-corrected chi connectivity index (χ3v) is 1.52. The molecule has 0 aromatic heterocycles. The molecule has 0 radical (unpaired) electrons. The van der Waals surface area contributed by atoms with Gasteiger partial charge in [0, 0.05) is 0 Å². The van der Waals surface area contributed by atoms with Crippen molar-refractivity contribution in [2.45, 2.75) is 19.4 Å². The first-order valence-electron chi connectivity index (χ1n) is 4.30. The van der Waals surface area contributed by atoms with E-state index in [9.17, 15) is 9.59 Å². The first kappa shape index (κ1) is 13.2. The van der Waals surface area contributed by atoms with Crippen LogP contribution in [0, 0.1) is 0 Å². The molecule has 0 spiro atoms. The monoisotopic (exact) mass is 214 g/mol. The van der Waals surface area contributed by atoms with E-state index < -0.39 is 17.7 Å². The molecule has 5 nitrogen and oxygen atoms in total. The topological polar surface area (TPSA) is 72.8 Å². The van der Waals surface area contributed by atoms with Gasteiger partial charge in [-0.25, -0.2) is 9.59 Å². The Morgan fingerprint density at radius 3 is 2.53 bits per heavy atom. The molecule has 0 fully saturated rings. The van der Waals surface area contributed by atoms with Crippen molar-refractivity contribution in [2.24, 2.45) is 0 Å². The van der Waals surface area contributed by atoms with E-state index in [1.807, 2.05) is 0 Å². The molecule has 0 aliphatic rings. The highest BCUT2D eigenvalue weighted by Gasteiger charge is 2.35. The Balaban J connectivity index is 4.48. The largest absolute Gasteiger partial charge is 0.510 e. The van der Waals surface area contributed by atoms with Gasteiger partial charge in [0.05, 0.1) is 0 Å². The Labute approximate surface area is 88.0 Å². The van der Waals surface area contributed by atoms with Crippen LogP contribution in [0.15, 0.2) is 24.8 Å². The normalized spacial score (nSPS) is 14.3. The fourth-order valence-corrected chi connectivity index (χ4v) is 0.797. The molecule has 1 unspecified atom stereocenters. The van der Waals surface area contributed by atoms with Crippen LogP contribution in [0.4, 0.5) is 4.79 Å². The molecular weight excluding hydrogens is 200 g/mol. The van der Waals surface area contributed by atoms with Gasteiger partial charge >= 0.3 is 12.1 Å². The van der Waals surface area contributed by atoms with Crippen molar-refractivity contribution >= 4 is 12.1 Å². The van der Waals surface area contributed by atoms with Gasteiger partial charge in [0.2, 0.25) is 5.60 Å². The molecule has 0 heterocycles. The Bertz CT molecular complexity index is 282. The summed E-state index contributed by atoms with van der Waals surface area (Å²) in [5.41, 5.74) is -1.70. The summed E-state index contributed by atoms with van der Waals surface area (Å²) >= 11 is 0. The second-order valence-electron chi connectivity index (χ2n) is 2.86. The molecular formula is C10H14O5. The molecule has 0 bridgehead atoms. The zero-order valence-corrected chi connectivity index (χ0v) is 8.73. The summed E-state index contributed by atoms with van der Waals surface area (Å²) in [6, 6.07) is 0. The van der Waals surface area contributed by atoms with E-state index in [1.165, 1.54) is 25.2 Å². The number of carbonyl (C=O) groups excluding carboxylic acids is 1. The number of rotatable bonds is 5. The summed E-state index contributed by atoms with van der Waals surface area (Å²) in [5.74, 6) is -1.27. The maximum atomic E-state index is 11.0. The first-order chi connectivity index (χ1) is 6.96. The zero-order chi connectivity index (χ0) is 11.9. The van der Waals surface area contributed by atoms with Crippen molar-refractivity contribution in [2.75, 3.05) is 6.61 Å². The van der Waals surface area contributed by atoms with Gasteiger partial charge in [0.15, 0.2) is 0 Å². The smallest absolute Gasteiger partial charge is 0.478 e. The van der Waals surface area contributed by atoms with E-state index in [0.717, 1.165) is 0 Å². The number of hydrogen-bond donors (Lipinski definition) is 1. The molecule has 15 heavy (non-hydrogen) atoms. The number of ether oxygens (including phenoxy) is 2. The zero-order valence-electron chi connectivity index (χ0n) is 8.73. The second-order valence-corrected chi connectivity index (χ2v) is 2.86.